The van der Waals surface area contributed by atoms with E-state index in [1.165, 1.54) is 0 Å². The number of carbonyl (C=O) groups is 3. The van der Waals surface area contributed by atoms with E-state index < -0.39 is 0 Å². The van der Waals surface area contributed by atoms with Gasteiger partial charge >= 0.3 is 0 Å². The monoisotopic (exact) mass is 454 g/mol. The summed E-state index contributed by atoms with van der Waals surface area (Å²) in [4.78, 5) is 38.8. The number of nitrogens with zero attached hydrogens (tertiary/aromatic N) is 1. The molecule has 8 heteroatoms. The van der Waals surface area contributed by atoms with Gasteiger partial charge in [0, 0.05) is 49.2 Å². The number of carbonyl (C=O) groups excluding carboxylic acids is 3. The highest BCUT2D eigenvalue weighted by Crippen LogP contribution is 2.13. The molecule has 2 aromatic carbocycles. The molecule has 0 aliphatic carbocycles. The van der Waals surface area contributed by atoms with E-state index >= 15 is 0 Å². The van der Waals surface area contributed by atoms with E-state index in [4.69, 9.17) is 4.74 Å². The third-order valence-corrected chi connectivity index (χ3v) is 4.88. The van der Waals surface area contributed by atoms with Crippen LogP contribution in [0.25, 0.3) is 0 Å². The van der Waals surface area contributed by atoms with Gasteiger partial charge in [0.1, 0.15) is 0 Å². The topological polar surface area (TPSA) is 99.8 Å². The molecule has 0 fully saturated rings. The first-order valence-electron chi connectivity index (χ1n) is 11.3. The largest absolute Gasteiger partial charge is 0.383 e. The predicted molar refractivity (Wildman–Crippen MR) is 131 cm³/mol. The van der Waals surface area contributed by atoms with Crippen molar-refractivity contribution in [2.75, 3.05) is 50.5 Å². The molecule has 0 heterocycles. The average molecular weight is 455 g/mol. The summed E-state index contributed by atoms with van der Waals surface area (Å²) in [5.41, 5.74) is 2.50. The second kappa shape index (κ2) is 13.9. The van der Waals surface area contributed by atoms with Crippen molar-refractivity contribution in [2.24, 2.45) is 0 Å². The lowest BCUT2D eigenvalue weighted by atomic mass is 10.1. The fourth-order valence-corrected chi connectivity index (χ4v) is 3.23. The first-order chi connectivity index (χ1) is 16.0. The summed E-state index contributed by atoms with van der Waals surface area (Å²) in [6.07, 6.45) is 1.83. The van der Waals surface area contributed by atoms with E-state index in [9.17, 15) is 14.4 Å². The van der Waals surface area contributed by atoms with Gasteiger partial charge in [-0.3, -0.25) is 14.4 Å². The van der Waals surface area contributed by atoms with Gasteiger partial charge in [-0.2, -0.15) is 0 Å². The summed E-state index contributed by atoms with van der Waals surface area (Å²) in [5, 5.41) is 8.60. The van der Waals surface area contributed by atoms with Gasteiger partial charge in [-0.05, 0) is 61.4 Å². The van der Waals surface area contributed by atoms with Crippen molar-refractivity contribution in [1.82, 2.24) is 10.2 Å². The van der Waals surface area contributed by atoms with E-state index in [-0.39, 0.29) is 24.3 Å². The summed E-state index contributed by atoms with van der Waals surface area (Å²) in [7, 11) is 1.58. The zero-order chi connectivity index (χ0) is 24.1. The Morgan fingerprint density at radius 2 is 1.42 bits per heavy atom. The molecular formula is C25H34N4O4. The van der Waals surface area contributed by atoms with E-state index in [1.807, 2.05) is 4.90 Å². The van der Waals surface area contributed by atoms with Crippen molar-refractivity contribution < 1.29 is 19.1 Å². The van der Waals surface area contributed by atoms with Crippen LogP contribution in [0.4, 0.5) is 11.4 Å². The molecular weight excluding hydrogens is 420 g/mol. The highest BCUT2D eigenvalue weighted by molar-refractivity contribution is 5.97. The number of methoxy groups -OCH3 is 1. The Hall–Kier alpha value is -3.39. The highest BCUT2D eigenvalue weighted by atomic mass is 16.5. The van der Waals surface area contributed by atoms with Crippen molar-refractivity contribution >= 4 is 29.1 Å². The number of ether oxygens (including phenoxy) is 1. The zero-order valence-electron chi connectivity index (χ0n) is 19.6. The van der Waals surface area contributed by atoms with Gasteiger partial charge in [-0.1, -0.05) is 13.8 Å². The standard InChI is InChI=1S/C25H34N4O4/c1-4-15-29(16-5-2)25(32)20-8-12-22(13-9-20)28-23(30)18-27-21-10-6-19(7-11-21)24(31)26-14-17-33-3/h6-13,27H,4-5,14-18H2,1-3H3,(H,26,31)(H,28,30). The second-order valence-electron chi connectivity index (χ2n) is 7.60. The molecule has 3 amide bonds. The normalized spacial score (nSPS) is 10.4. The fourth-order valence-electron chi connectivity index (χ4n) is 3.23. The lowest BCUT2D eigenvalue weighted by Crippen LogP contribution is -2.32. The van der Waals surface area contributed by atoms with Crippen molar-refractivity contribution in [3.8, 4) is 0 Å². The minimum atomic E-state index is -0.214. The minimum Gasteiger partial charge on any atom is -0.383 e. The van der Waals surface area contributed by atoms with Crippen LogP contribution in [-0.4, -0.2) is 62.5 Å². The van der Waals surface area contributed by atoms with Crippen molar-refractivity contribution in [2.45, 2.75) is 26.7 Å². The van der Waals surface area contributed by atoms with Crippen molar-refractivity contribution in [1.29, 1.82) is 0 Å². The number of nitrogens with one attached hydrogen (secondary N) is 3. The number of amides is 3. The summed E-state index contributed by atoms with van der Waals surface area (Å²) in [6.45, 7) is 6.54. The van der Waals surface area contributed by atoms with Crippen LogP contribution in [0, 0.1) is 0 Å². The smallest absolute Gasteiger partial charge is 0.253 e. The Kier molecular flexibility index (Phi) is 10.9. The Bertz CT molecular complexity index is 892. The van der Waals surface area contributed by atoms with Crippen LogP contribution in [0.3, 0.4) is 0 Å². The highest BCUT2D eigenvalue weighted by Gasteiger charge is 2.14. The summed E-state index contributed by atoms with van der Waals surface area (Å²) in [6, 6.07) is 13.8. The Labute approximate surface area is 195 Å². The number of rotatable bonds is 13. The van der Waals surface area contributed by atoms with Crippen LogP contribution >= 0.6 is 0 Å². The molecule has 0 saturated carbocycles. The summed E-state index contributed by atoms with van der Waals surface area (Å²) < 4.78 is 4.91. The Morgan fingerprint density at radius 3 is 2.00 bits per heavy atom. The van der Waals surface area contributed by atoms with Crippen LogP contribution in [0.1, 0.15) is 47.4 Å². The molecule has 178 valence electrons. The van der Waals surface area contributed by atoms with Gasteiger partial charge in [-0.15, -0.1) is 0 Å². The molecule has 0 aliphatic rings. The van der Waals surface area contributed by atoms with Crippen LogP contribution < -0.4 is 16.0 Å². The van der Waals surface area contributed by atoms with Gasteiger partial charge in [0.15, 0.2) is 0 Å². The van der Waals surface area contributed by atoms with Gasteiger partial charge < -0.3 is 25.6 Å². The zero-order valence-corrected chi connectivity index (χ0v) is 19.6. The molecule has 33 heavy (non-hydrogen) atoms. The van der Waals surface area contributed by atoms with Crippen molar-refractivity contribution in [3.05, 3.63) is 59.7 Å². The molecule has 0 spiro atoms. The Morgan fingerprint density at radius 1 is 0.848 bits per heavy atom. The number of hydrogen-bond donors (Lipinski definition) is 3. The third-order valence-electron chi connectivity index (χ3n) is 4.88. The third kappa shape index (κ3) is 8.57. The maximum atomic E-state index is 12.6. The number of anilines is 2. The SMILES string of the molecule is CCCN(CCC)C(=O)c1ccc(NC(=O)CNc2ccc(C(=O)NCCOC)cc2)cc1. The molecule has 0 atom stereocenters. The van der Waals surface area contributed by atoms with Crippen molar-refractivity contribution in [3.63, 3.8) is 0 Å². The molecule has 2 aromatic rings. The van der Waals surface area contributed by atoms with Crippen LogP contribution in [0.15, 0.2) is 48.5 Å². The number of hydrogen-bond acceptors (Lipinski definition) is 5. The van der Waals surface area contributed by atoms with E-state index in [0.29, 0.717) is 30.0 Å². The van der Waals surface area contributed by atoms with E-state index in [2.05, 4.69) is 29.8 Å². The molecule has 0 saturated heterocycles. The van der Waals surface area contributed by atoms with E-state index in [0.717, 1.165) is 31.6 Å². The van der Waals surface area contributed by atoms with Gasteiger partial charge in [0.05, 0.1) is 13.2 Å². The molecule has 2 rings (SSSR count). The van der Waals surface area contributed by atoms with Crippen LogP contribution in [0.2, 0.25) is 0 Å². The van der Waals surface area contributed by atoms with Gasteiger partial charge in [0.2, 0.25) is 5.91 Å². The predicted octanol–water partition coefficient (Wildman–Crippen LogP) is 3.38. The first-order valence-corrected chi connectivity index (χ1v) is 11.3. The molecule has 0 radical (unpaired) electrons. The van der Waals surface area contributed by atoms with Gasteiger partial charge in [-0.25, -0.2) is 0 Å². The van der Waals surface area contributed by atoms with E-state index in [1.54, 1.807) is 55.6 Å². The summed E-state index contributed by atoms with van der Waals surface area (Å²) >= 11 is 0. The molecule has 8 nitrogen and oxygen atoms in total. The fraction of sp³-hybridized carbons (Fsp3) is 0.400. The molecule has 0 aliphatic heterocycles. The van der Waals surface area contributed by atoms with Crippen LogP contribution in [-0.2, 0) is 9.53 Å². The molecule has 0 unspecified atom stereocenters. The Balaban J connectivity index is 1.83. The molecule has 0 bridgehead atoms. The maximum Gasteiger partial charge on any atom is 0.253 e. The molecule has 0 aromatic heterocycles. The first kappa shape index (κ1) is 25.9. The minimum absolute atomic E-state index is 0.00840. The van der Waals surface area contributed by atoms with Crippen LogP contribution in [0.5, 0.6) is 0 Å². The second-order valence-corrected chi connectivity index (χ2v) is 7.60. The average Bonchev–Trinajstić information content (AvgIpc) is 2.83. The maximum absolute atomic E-state index is 12.6. The van der Waals surface area contributed by atoms with Gasteiger partial charge in [0.25, 0.3) is 11.8 Å². The summed E-state index contributed by atoms with van der Waals surface area (Å²) in [5.74, 6) is -0.381. The lowest BCUT2D eigenvalue weighted by molar-refractivity contribution is -0.114. The quantitative estimate of drug-likeness (QED) is 0.403. The lowest BCUT2D eigenvalue weighted by Gasteiger charge is -2.21. The number of benzene rings is 2. The molecule has 3 N–H and O–H groups in total.